The molecular formula is C10H14N2O. The quantitative estimate of drug-likeness (QED) is 0.564. The molecule has 0 aliphatic carbocycles. The van der Waals surface area contributed by atoms with E-state index < -0.39 is 0 Å². The van der Waals surface area contributed by atoms with Crippen molar-refractivity contribution in [2.24, 2.45) is 5.16 Å². The van der Waals surface area contributed by atoms with Crippen molar-refractivity contribution >= 4 is 5.71 Å². The van der Waals surface area contributed by atoms with Crippen LogP contribution in [0, 0.1) is 0 Å². The van der Waals surface area contributed by atoms with Gasteiger partial charge in [-0.25, -0.2) is 0 Å². The van der Waals surface area contributed by atoms with Gasteiger partial charge in [0.15, 0.2) is 0 Å². The predicted molar refractivity (Wildman–Crippen MR) is 53.4 cm³/mol. The highest BCUT2D eigenvalue weighted by Crippen LogP contribution is 2.03. The van der Waals surface area contributed by atoms with Crippen LogP contribution in [0.2, 0.25) is 0 Å². The topological polar surface area (TPSA) is 33.6 Å². The summed E-state index contributed by atoms with van der Waals surface area (Å²) in [4.78, 5) is 4.78. The Morgan fingerprint density at radius 3 is 2.62 bits per heavy atom. The molecule has 1 N–H and O–H groups in total. The summed E-state index contributed by atoms with van der Waals surface area (Å²) in [5.41, 5.74) is 4.55. The fraction of sp³-hybridized carbons (Fsp3) is 0.300. The van der Waals surface area contributed by atoms with Crippen LogP contribution in [0.4, 0.5) is 0 Å². The van der Waals surface area contributed by atoms with Crippen LogP contribution >= 0.6 is 0 Å². The molecule has 70 valence electrons. The maximum absolute atomic E-state index is 4.78. The van der Waals surface area contributed by atoms with E-state index in [0.717, 1.165) is 17.7 Å². The lowest BCUT2D eigenvalue weighted by atomic mass is 10.1. The van der Waals surface area contributed by atoms with Gasteiger partial charge in [0.25, 0.3) is 0 Å². The number of nitrogens with one attached hydrogen (secondary N) is 1. The van der Waals surface area contributed by atoms with Crippen LogP contribution in [-0.4, -0.2) is 12.8 Å². The Morgan fingerprint density at radius 1 is 1.38 bits per heavy atom. The monoisotopic (exact) mass is 178 g/mol. The fourth-order valence-corrected chi connectivity index (χ4v) is 1.05. The van der Waals surface area contributed by atoms with Gasteiger partial charge in [-0.1, -0.05) is 42.4 Å². The molecule has 0 aromatic heterocycles. The van der Waals surface area contributed by atoms with Gasteiger partial charge in [0.05, 0.1) is 5.71 Å². The third-order valence-electron chi connectivity index (χ3n) is 1.69. The van der Waals surface area contributed by atoms with Crippen LogP contribution in [0.1, 0.15) is 18.9 Å². The number of hydroxylamine groups is 1. The van der Waals surface area contributed by atoms with Crippen LogP contribution in [0.25, 0.3) is 0 Å². The molecule has 0 saturated heterocycles. The highest BCUT2D eigenvalue weighted by Gasteiger charge is 1.99. The van der Waals surface area contributed by atoms with Gasteiger partial charge < -0.3 is 0 Å². The van der Waals surface area contributed by atoms with Crippen LogP contribution in [0.15, 0.2) is 35.5 Å². The number of hydrogen-bond donors (Lipinski definition) is 1. The van der Waals surface area contributed by atoms with E-state index in [1.807, 2.05) is 37.3 Å². The molecule has 0 heterocycles. The van der Waals surface area contributed by atoms with Gasteiger partial charge in [-0.3, -0.25) is 4.94 Å². The second-order valence-electron chi connectivity index (χ2n) is 2.55. The first-order chi connectivity index (χ1) is 6.38. The molecule has 0 unspecified atom stereocenters. The van der Waals surface area contributed by atoms with Gasteiger partial charge >= 0.3 is 0 Å². The lowest BCUT2D eigenvalue weighted by Crippen LogP contribution is -2.06. The van der Waals surface area contributed by atoms with Crippen LogP contribution in [-0.2, 0) is 4.94 Å². The van der Waals surface area contributed by atoms with Gasteiger partial charge in [0, 0.05) is 7.05 Å². The molecule has 0 aliphatic heterocycles. The maximum Gasteiger partial charge on any atom is 0.0891 e. The summed E-state index contributed by atoms with van der Waals surface area (Å²) < 4.78 is 0. The number of hydrogen-bond acceptors (Lipinski definition) is 3. The smallest absolute Gasteiger partial charge is 0.0891 e. The van der Waals surface area contributed by atoms with E-state index in [4.69, 9.17) is 4.94 Å². The highest BCUT2D eigenvalue weighted by molar-refractivity contribution is 5.99. The summed E-state index contributed by atoms with van der Waals surface area (Å²) in [6.45, 7) is 2.05. The lowest BCUT2D eigenvalue weighted by Gasteiger charge is -2.02. The van der Waals surface area contributed by atoms with Crippen molar-refractivity contribution in [1.82, 2.24) is 5.48 Å². The Hall–Kier alpha value is -1.35. The van der Waals surface area contributed by atoms with Crippen molar-refractivity contribution in [3.05, 3.63) is 35.9 Å². The van der Waals surface area contributed by atoms with Gasteiger partial charge in [0.2, 0.25) is 0 Å². The van der Waals surface area contributed by atoms with E-state index in [-0.39, 0.29) is 0 Å². The first-order valence-corrected chi connectivity index (χ1v) is 4.33. The zero-order valence-corrected chi connectivity index (χ0v) is 7.95. The molecule has 0 fully saturated rings. The van der Waals surface area contributed by atoms with Crippen molar-refractivity contribution in [2.75, 3.05) is 7.05 Å². The molecule has 0 saturated carbocycles. The van der Waals surface area contributed by atoms with E-state index in [1.54, 1.807) is 7.05 Å². The van der Waals surface area contributed by atoms with Gasteiger partial charge in [0.1, 0.15) is 0 Å². The average molecular weight is 178 g/mol. The van der Waals surface area contributed by atoms with Crippen LogP contribution in [0.5, 0.6) is 0 Å². The molecular weight excluding hydrogens is 164 g/mol. The molecule has 0 spiro atoms. The van der Waals surface area contributed by atoms with Gasteiger partial charge in [-0.2, -0.15) is 0 Å². The fourth-order valence-electron chi connectivity index (χ4n) is 1.05. The molecule has 0 atom stereocenters. The Bertz CT molecular complexity index is 270. The van der Waals surface area contributed by atoms with Crippen LogP contribution in [0.3, 0.4) is 0 Å². The highest BCUT2D eigenvalue weighted by atomic mass is 16.8. The standard InChI is InChI=1S/C10H14N2O/c1-3-10(12-13-11-2)9-7-5-4-6-8-9/h4-8,11H,3H2,1-2H3/b12-10+. The van der Waals surface area contributed by atoms with Crippen molar-refractivity contribution in [2.45, 2.75) is 13.3 Å². The second-order valence-corrected chi connectivity index (χ2v) is 2.55. The minimum absolute atomic E-state index is 0.853. The first kappa shape index (κ1) is 9.74. The number of rotatable bonds is 4. The maximum atomic E-state index is 4.78. The Kier molecular flexibility index (Phi) is 3.99. The van der Waals surface area contributed by atoms with Gasteiger partial charge in [-0.15, -0.1) is 5.48 Å². The third kappa shape index (κ3) is 2.87. The minimum atomic E-state index is 0.853. The largest absolute Gasteiger partial charge is 0.300 e. The summed E-state index contributed by atoms with van der Waals surface area (Å²) in [6.07, 6.45) is 0.853. The van der Waals surface area contributed by atoms with E-state index >= 15 is 0 Å². The molecule has 1 aromatic carbocycles. The molecule has 0 aliphatic rings. The second kappa shape index (κ2) is 5.32. The number of nitrogens with zero attached hydrogens (tertiary/aromatic N) is 1. The average Bonchev–Trinajstić information content (AvgIpc) is 2.21. The Labute approximate surface area is 78.4 Å². The van der Waals surface area contributed by atoms with E-state index in [0.29, 0.717) is 0 Å². The Morgan fingerprint density at radius 2 is 2.08 bits per heavy atom. The molecule has 1 rings (SSSR count). The molecule has 3 heteroatoms. The van der Waals surface area contributed by atoms with Crippen molar-refractivity contribution in [3.8, 4) is 0 Å². The summed E-state index contributed by atoms with van der Waals surface area (Å²) in [7, 11) is 1.68. The zero-order chi connectivity index (χ0) is 9.52. The third-order valence-corrected chi connectivity index (χ3v) is 1.69. The molecule has 1 aromatic rings. The summed E-state index contributed by atoms with van der Waals surface area (Å²) in [5, 5.41) is 3.94. The molecule has 0 amide bonds. The van der Waals surface area contributed by atoms with E-state index in [1.165, 1.54) is 0 Å². The lowest BCUT2D eigenvalue weighted by molar-refractivity contribution is 0.0642. The Balaban J connectivity index is 2.78. The summed E-state index contributed by atoms with van der Waals surface area (Å²) in [5.74, 6) is 0. The van der Waals surface area contributed by atoms with Crippen molar-refractivity contribution < 1.29 is 4.94 Å². The molecule has 3 nitrogen and oxygen atoms in total. The normalized spacial score (nSPS) is 11.4. The van der Waals surface area contributed by atoms with Crippen LogP contribution < -0.4 is 5.48 Å². The summed E-state index contributed by atoms with van der Waals surface area (Å²) >= 11 is 0. The molecule has 0 bridgehead atoms. The first-order valence-electron chi connectivity index (χ1n) is 4.33. The minimum Gasteiger partial charge on any atom is -0.300 e. The van der Waals surface area contributed by atoms with Gasteiger partial charge in [-0.05, 0) is 12.0 Å². The number of benzene rings is 1. The van der Waals surface area contributed by atoms with Crippen molar-refractivity contribution in [3.63, 3.8) is 0 Å². The predicted octanol–water partition coefficient (Wildman–Crippen LogP) is 1.95. The van der Waals surface area contributed by atoms with Crippen molar-refractivity contribution in [1.29, 1.82) is 0 Å². The molecule has 13 heavy (non-hydrogen) atoms. The molecule has 0 radical (unpaired) electrons. The van der Waals surface area contributed by atoms with E-state index in [2.05, 4.69) is 10.6 Å². The summed E-state index contributed by atoms with van der Waals surface area (Å²) in [6, 6.07) is 9.98. The van der Waals surface area contributed by atoms with E-state index in [9.17, 15) is 0 Å². The SMILES string of the molecule is CC/C(=N\ONC)c1ccccc1. The zero-order valence-electron chi connectivity index (χ0n) is 7.95. The number of oxime groups is 1.